The standard InChI is InChI=1S/C20H11Cl/c21-18-11-17-15-9-3-5-12-6-4-10-16(19(12)15)20(17)14-8-2-1-7-13(14)18/h1-11H. The van der Waals surface area contributed by atoms with Crippen LogP contribution in [0.4, 0.5) is 0 Å². The van der Waals surface area contributed by atoms with Gasteiger partial charge < -0.3 is 0 Å². The molecule has 0 unspecified atom stereocenters. The van der Waals surface area contributed by atoms with Crippen LogP contribution in [0.15, 0.2) is 66.7 Å². The monoisotopic (exact) mass is 286 g/mol. The lowest BCUT2D eigenvalue weighted by molar-refractivity contribution is 1.73. The molecule has 5 rings (SSSR count). The summed E-state index contributed by atoms with van der Waals surface area (Å²) in [6, 6.07) is 23.6. The van der Waals surface area contributed by atoms with Crippen LogP contribution in [0.3, 0.4) is 0 Å². The Bertz CT molecular complexity index is 1040. The first kappa shape index (κ1) is 11.4. The first-order valence-electron chi connectivity index (χ1n) is 7.08. The van der Waals surface area contributed by atoms with Crippen molar-refractivity contribution in [1.82, 2.24) is 0 Å². The van der Waals surface area contributed by atoms with Crippen molar-refractivity contribution in [3.63, 3.8) is 0 Å². The molecule has 1 heteroatoms. The van der Waals surface area contributed by atoms with E-state index in [0.717, 1.165) is 10.4 Å². The maximum absolute atomic E-state index is 6.52. The van der Waals surface area contributed by atoms with Gasteiger partial charge in [-0.2, -0.15) is 0 Å². The molecule has 0 heterocycles. The van der Waals surface area contributed by atoms with Crippen LogP contribution in [0.25, 0.3) is 43.8 Å². The molecule has 0 amide bonds. The molecule has 98 valence electrons. The molecule has 0 nitrogen and oxygen atoms in total. The largest absolute Gasteiger partial charge is 0.0836 e. The molecule has 0 aromatic heterocycles. The van der Waals surface area contributed by atoms with Crippen LogP contribution in [0.2, 0.25) is 5.02 Å². The van der Waals surface area contributed by atoms with E-state index in [1.807, 2.05) is 6.07 Å². The average molecular weight is 287 g/mol. The van der Waals surface area contributed by atoms with Crippen molar-refractivity contribution < 1.29 is 0 Å². The molecule has 0 radical (unpaired) electrons. The van der Waals surface area contributed by atoms with Crippen LogP contribution >= 0.6 is 11.6 Å². The van der Waals surface area contributed by atoms with Gasteiger partial charge in [-0.25, -0.2) is 0 Å². The highest BCUT2D eigenvalue weighted by Gasteiger charge is 2.23. The molecular weight excluding hydrogens is 276 g/mol. The molecule has 4 aromatic carbocycles. The molecule has 0 saturated heterocycles. The van der Waals surface area contributed by atoms with Crippen molar-refractivity contribution >= 4 is 33.1 Å². The van der Waals surface area contributed by atoms with Gasteiger partial charge in [0.05, 0.1) is 0 Å². The smallest absolute Gasteiger partial charge is 0.0491 e. The Hall–Kier alpha value is -2.31. The topological polar surface area (TPSA) is 0 Å². The van der Waals surface area contributed by atoms with E-state index in [4.69, 9.17) is 11.6 Å². The Balaban J connectivity index is 2.09. The maximum Gasteiger partial charge on any atom is 0.0491 e. The molecular formula is C20H11Cl. The molecule has 0 saturated carbocycles. The fourth-order valence-electron chi connectivity index (χ4n) is 3.61. The summed E-state index contributed by atoms with van der Waals surface area (Å²) in [5.74, 6) is 0. The Kier molecular flexibility index (Phi) is 2.09. The minimum atomic E-state index is 0.828. The fourth-order valence-corrected chi connectivity index (χ4v) is 3.88. The van der Waals surface area contributed by atoms with Crippen molar-refractivity contribution in [2.45, 2.75) is 0 Å². The van der Waals surface area contributed by atoms with Gasteiger partial charge in [-0.3, -0.25) is 0 Å². The van der Waals surface area contributed by atoms with Crippen LogP contribution in [-0.2, 0) is 0 Å². The van der Waals surface area contributed by atoms with Crippen molar-refractivity contribution in [2.24, 2.45) is 0 Å². The third kappa shape index (κ3) is 1.36. The van der Waals surface area contributed by atoms with Crippen molar-refractivity contribution in [3.8, 4) is 22.3 Å². The molecule has 0 fully saturated rings. The van der Waals surface area contributed by atoms with E-state index in [-0.39, 0.29) is 0 Å². The van der Waals surface area contributed by atoms with Crippen molar-refractivity contribution in [1.29, 1.82) is 0 Å². The van der Waals surface area contributed by atoms with Gasteiger partial charge in [0.25, 0.3) is 0 Å². The summed E-state index contributed by atoms with van der Waals surface area (Å²) in [6.45, 7) is 0. The van der Waals surface area contributed by atoms with Gasteiger partial charge in [0.15, 0.2) is 0 Å². The SMILES string of the molecule is Clc1cc2c(c3ccccc13)-c1cccc3cccc-2c13. The Morgan fingerprint density at radius 3 is 2.14 bits per heavy atom. The highest BCUT2D eigenvalue weighted by Crippen LogP contribution is 2.51. The van der Waals surface area contributed by atoms with Gasteiger partial charge in [0, 0.05) is 10.4 Å². The normalized spacial score (nSPS) is 12.0. The van der Waals surface area contributed by atoms with Crippen LogP contribution in [-0.4, -0.2) is 0 Å². The molecule has 0 bridgehead atoms. The molecule has 1 aliphatic rings. The number of rotatable bonds is 0. The van der Waals surface area contributed by atoms with E-state index in [1.54, 1.807) is 0 Å². The lowest BCUT2D eigenvalue weighted by atomic mass is 9.97. The minimum Gasteiger partial charge on any atom is -0.0836 e. The van der Waals surface area contributed by atoms with E-state index in [2.05, 4.69) is 60.7 Å². The average Bonchev–Trinajstić information content (AvgIpc) is 2.85. The fraction of sp³-hybridized carbons (Fsp3) is 0. The van der Waals surface area contributed by atoms with Gasteiger partial charge in [0.1, 0.15) is 0 Å². The Morgan fingerprint density at radius 2 is 1.33 bits per heavy atom. The summed E-state index contributed by atoms with van der Waals surface area (Å²) in [7, 11) is 0. The first-order valence-corrected chi connectivity index (χ1v) is 7.46. The highest BCUT2D eigenvalue weighted by molar-refractivity contribution is 6.38. The zero-order valence-corrected chi connectivity index (χ0v) is 12.0. The lowest BCUT2D eigenvalue weighted by Crippen LogP contribution is -1.82. The highest BCUT2D eigenvalue weighted by atomic mass is 35.5. The molecule has 21 heavy (non-hydrogen) atoms. The van der Waals surface area contributed by atoms with Crippen LogP contribution in [0.5, 0.6) is 0 Å². The Morgan fingerprint density at radius 1 is 0.619 bits per heavy atom. The van der Waals surface area contributed by atoms with Gasteiger partial charge in [0.2, 0.25) is 0 Å². The molecule has 0 N–H and O–H groups in total. The zero-order chi connectivity index (χ0) is 14.0. The lowest BCUT2D eigenvalue weighted by Gasteiger charge is -2.09. The van der Waals surface area contributed by atoms with Gasteiger partial charge in [-0.1, -0.05) is 72.3 Å². The van der Waals surface area contributed by atoms with E-state index in [9.17, 15) is 0 Å². The summed E-state index contributed by atoms with van der Waals surface area (Å²) in [6.07, 6.45) is 0. The number of halogens is 1. The summed E-state index contributed by atoms with van der Waals surface area (Å²) in [4.78, 5) is 0. The van der Waals surface area contributed by atoms with Crippen molar-refractivity contribution in [2.75, 3.05) is 0 Å². The molecule has 0 aliphatic heterocycles. The third-order valence-corrected chi connectivity index (χ3v) is 4.77. The van der Waals surface area contributed by atoms with E-state index < -0.39 is 0 Å². The van der Waals surface area contributed by atoms with E-state index >= 15 is 0 Å². The van der Waals surface area contributed by atoms with Crippen molar-refractivity contribution in [3.05, 3.63) is 71.8 Å². The number of hydrogen-bond donors (Lipinski definition) is 0. The first-order chi connectivity index (χ1) is 10.3. The van der Waals surface area contributed by atoms with Gasteiger partial charge in [-0.05, 0) is 44.5 Å². The molecule has 0 spiro atoms. The van der Waals surface area contributed by atoms with Crippen LogP contribution in [0, 0.1) is 0 Å². The third-order valence-electron chi connectivity index (χ3n) is 4.46. The summed E-state index contributed by atoms with van der Waals surface area (Å²) < 4.78 is 0. The minimum absolute atomic E-state index is 0.828. The molecule has 0 atom stereocenters. The molecule has 1 aliphatic carbocycles. The number of benzene rings is 4. The zero-order valence-electron chi connectivity index (χ0n) is 11.2. The van der Waals surface area contributed by atoms with E-state index in [1.165, 1.54) is 38.4 Å². The molecule has 4 aromatic rings. The Labute approximate surface area is 127 Å². The van der Waals surface area contributed by atoms with Crippen LogP contribution < -0.4 is 0 Å². The summed E-state index contributed by atoms with van der Waals surface area (Å²) >= 11 is 6.52. The number of fused-ring (bicyclic) bond motifs is 5. The van der Waals surface area contributed by atoms with Crippen LogP contribution in [0.1, 0.15) is 0 Å². The maximum atomic E-state index is 6.52. The summed E-state index contributed by atoms with van der Waals surface area (Å²) in [5.41, 5.74) is 5.20. The quantitative estimate of drug-likeness (QED) is 0.314. The number of hydrogen-bond acceptors (Lipinski definition) is 0. The second-order valence-corrected chi connectivity index (χ2v) is 5.94. The second-order valence-electron chi connectivity index (χ2n) is 5.54. The predicted octanol–water partition coefficient (Wildman–Crippen LogP) is 6.29. The second kappa shape index (κ2) is 3.87. The van der Waals surface area contributed by atoms with Gasteiger partial charge in [-0.15, -0.1) is 0 Å². The van der Waals surface area contributed by atoms with E-state index in [0.29, 0.717) is 0 Å². The summed E-state index contributed by atoms with van der Waals surface area (Å²) in [5, 5.41) is 5.84. The van der Waals surface area contributed by atoms with Gasteiger partial charge >= 0.3 is 0 Å². The predicted molar refractivity (Wildman–Crippen MR) is 90.9 cm³/mol.